The lowest BCUT2D eigenvalue weighted by atomic mass is 10.0. The average Bonchev–Trinajstić information content (AvgIpc) is 3.42. The fourth-order valence-electron chi connectivity index (χ4n) is 3.56. The van der Waals surface area contributed by atoms with Gasteiger partial charge in [0.1, 0.15) is 0 Å². The van der Waals surface area contributed by atoms with E-state index >= 15 is 0 Å². The van der Waals surface area contributed by atoms with E-state index in [4.69, 9.17) is 0 Å². The second-order valence-corrected chi connectivity index (χ2v) is 8.78. The van der Waals surface area contributed by atoms with Gasteiger partial charge in [-0.15, -0.1) is 0 Å². The highest BCUT2D eigenvalue weighted by Gasteiger charge is 2.53. The maximum absolute atomic E-state index is 12.6. The first-order chi connectivity index (χ1) is 10.8. The summed E-state index contributed by atoms with van der Waals surface area (Å²) in [5.74, 6) is 0.711. The molecular weight excluding hydrogens is 314 g/mol. The van der Waals surface area contributed by atoms with Crippen LogP contribution in [-0.4, -0.2) is 24.1 Å². The highest BCUT2D eigenvalue weighted by Crippen LogP contribution is 2.60. The minimum absolute atomic E-state index is 0.159. The Balaban J connectivity index is 1.64. The van der Waals surface area contributed by atoms with Crippen LogP contribution in [0.3, 0.4) is 0 Å². The molecule has 2 saturated carbocycles. The van der Waals surface area contributed by atoms with Crippen LogP contribution < -0.4 is 10.4 Å². The Hall–Kier alpha value is -1.60. The summed E-state index contributed by atoms with van der Waals surface area (Å²) in [6.45, 7) is 0.533. The zero-order chi connectivity index (χ0) is 16.4. The first kappa shape index (κ1) is 15.0. The van der Waals surface area contributed by atoms with Crippen LogP contribution in [-0.2, 0) is 24.1 Å². The van der Waals surface area contributed by atoms with E-state index in [1.807, 2.05) is 0 Å². The van der Waals surface area contributed by atoms with Gasteiger partial charge in [-0.25, -0.2) is 17.9 Å². The van der Waals surface area contributed by atoms with Crippen molar-refractivity contribution in [3.05, 3.63) is 28.7 Å². The van der Waals surface area contributed by atoms with E-state index < -0.39 is 10.0 Å². The molecule has 0 amide bonds. The Morgan fingerprint density at radius 3 is 2.43 bits per heavy atom. The van der Waals surface area contributed by atoms with Crippen LogP contribution in [0.1, 0.15) is 25.7 Å². The van der Waals surface area contributed by atoms with Crippen LogP contribution in [0.15, 0.2) is 27.9 Å². The van der Waals surface area contributed by atoms with Gasteiger partial charge < -0.3 is 0 Å². The number of nitrogens with zero attached hydrogens (tertiary/aromatic N) is 2. The molecule has 2 aliphatic rings. The summed E-state index contributed by atoms with van der Waals surface area (Å²) in [7, 11) is -0.208. The summed E-state index contributed by atoms with van der Waals surface area (Å²) in [6.07, 6.45) is 4.73. The summed E-state index contributed by atoms with van der Waals surface area (Å²) in [4.78, 5) is 12.2. The third kappa shape index (κ3) is 2.33. The van der Waals surface area contributed by atoms with Crippen LogP contribution in [0.5, 0.6) is 0 Å². The van der Waals surface area contributed by atoms with Crippen LogP contribution in [0, 0.1) is 11.3 Å². The molecule has 6 nitrogen and oxygen atoms in total. The van der Waals surface area contributed by atoms with Gasteiger partial charge in [0, 0.05) is 20.6 Å². The van der Waals surface area contributed by atoms with Crippen molar-refractivity contribution in [1.82, 2.24) is 13.9 Å². The number of aromatic nitrogens is 2. The maximum Gasteiger partial charge on any atom is 0.328 e. The normalized spacial score (nSPS) is 20.1. The van der Waals surface area contributed by atoms with E-state index in [0.29, 0.717) is 18.0 Å². The number of hydrogen-bond donors (Lipinski definition) is 1. The van der Waals surface area contributed by atoms with Gasteiger partial charge in [-0.3, -0.25) is 9.13 Å². The van der Waals surface area contributed by atoms with Crippen molar-refractivity contribution in [2.45, 2.75) is 30.6 Å². The van der Waals surface area contributed by atoms with Gasteiger partial charge in [0.25, 0.3) is 0 Å². The highest BCUT2D eigenvalue weighted by molar-refractivity contribution is 7.89. The third-order valence-corrected chi connectivity index (χ3v) is 6.90. The van der Waals surface area contributed by atoms with Gasteiger partial charge in [0.15, 0.2) is 0 Å². The Kier molecular flexibility index (Phi) is 3.06. The molecule has 2 aromatic rings. The number of hydrogen-bond acceptors (Lipinski definition) is 3. The molecule has 0 bridgehead atoms. The number of rotatable bonds is 5. The molecule has 2 aliphatic carbocycles. The second kappa shape index (κ2) is 4.70. The molecule has 0 saturated heterocycles. The van der Waals surface area contributed by atoms with Crippen molar-refractivity contribution in [1.29, 1.82) is 0 Å². The third-order valence-electron chi connectivity index (χ3n) is 5.50. The minimum Gasteiger partial charge on any atom is -0.295 e. The lowest BCUT2D eigenvalue weighted by Gasteiger charge is -2.15. The Bertz CT molecular complexity index is 947. The SMILES string of the molecule is Cn1c(=O)n(C)c2cc(S(=O)(=O)NCC3(C4CC4)CC3)ccc21. The lowest BCUT2D eigenvalue weighted by molar-refractivity contribution is 0.432. The average molecular weight is 335 g/mol. The summed E-state index contributed by atoms with van der Waals surface area (Å²) in [5, 5.41) is 0. The smallest absolute Gasteiger partial charge is 0.295 e. The number of aryl methyl sites for hydroxylation is 2. The number of imidazole rings is 1. The van der Waals surface area contributed by atoms with Crippen molar-refractivity contribution in [3.63, 3.8) is 0 Å². The van der Waals surface area contributed by atoms with Crippen molar-refractivity contribution in [3.8, 4) is 0 Å². The van der Waals surface area contributed by atoms with Gasteiger partial charge in [0.2, 0.25) is 10.0 Å². The summed E-state index contributed by atoms with van der Waals surface area (Å²) in [5.41, 5.74) is 1.42. The molecule has 23 heavy (non-hydrogen) atoms. The summed E-state index contributed by atoms with van der Waals surface area (Å²) in [6, 6.07) is 4.84. The number of nitrogens with one attached hydrogen (secondary N) is 1. The first-order valence-electron chi connectivity index (χ1n) is 7.99. The van der Waals surface area contributed by atoms with E-state index in [9.17, 15) is 13.2 Å². The van der Waals surface area contributed by atoms with Gasteiger partial charge in [-0.1, -0.05) is 0 Å². The fraction of sp³-hybridized carbons (Fsp3) is 0.562. The summed E-state index contributed by atoms with van der Waals surface area (Å²) < 4.78 is 31.0. The molecule has 4 rings (SSSR count). The maximum atomic E-state index is 12.6. The largest absolute Gasteiger partial charge is 0.328 e. The molecule has 124 valence electrons. The fourth-order valence-corrected chi connectivity index (χ4v) is 4.72. The molecule has 0 spiro atoms. The Labute approximate surface area is 135 Å². The zero-order valence-corrected chi connectivity index (χ0v) is 14.2. The second-order valence-electron chi connectivity index (χ2n) is 7.01. The predicted molar refractivity (Wildman–Crippen MR) is 87.7 cm³/mol. The van der Waals surface area contributed by atoms with Crippen molar-refractivity contribution >= 4 is 21.1 Å². The standard InChI is InChI=1S/C16H21N3O3S/c1-18-13-6-5-12(9-14(13)19(2)15(18)20)23(21,22)17-10-16(7-8-16)11-3-4-11/h5-6,9,11,17H,3-4,7-8,10H2,1-2H3. The van der Waals surface area contributed by atoms with E-state index in [1.165, 1.54) is 22.0 Å². The highest BCUT2D eigenvalue weighted by atomic mass is 32.2. The number of benzene rings is 1. The van der Waals surface area contributed by atoms with Crippen molar-refractivity contribution < 1.29 is 8.42 Å². The molecule has 2 fully saturated rings. The lowest BCUT2D eigenvalue weighted by Crippen LogP contribution is -2.31. The topological polar surface area (TPSA) is 73.1 Å². The molecular formula is C16H21N3O3S. The zero-order valence-electron chi connectivity index (χ0n) is 13.4. The van der Waals surface area contributed by atoms with Crippen molar-refractivity contribution in [2.24, 2.45) is 25.4 Å². The van der Waals surface area contributed by atoms with E-state index in [0.717, 1.165) is 18.4 Å². The molecule has 1 aromatic carbocycles. The van der Waals surface area contributed by atoms with Crippen molar-refractivity contribution in [2.75, 3.05) is 6.54 Å². The van der Waals surface area contributed by atoms with Crippen LogP contribution in [0.25, 0.3) is 11.0 Å². The molecule has 7 heteroatoms. The van der Waals surface area contributed by atoms with Crippen LogP contribution >= 0.6 is 0 Å². The Morgan fingerprint density at radius 2 is 1.83 bits per heavy atom. The molecule has 0 radical (unpaired) electrons. The van der Waals surface area contributed by atoms with Gasteiger partial charge in [-0.2, -0.15) is 0 Å². The summed E-state index contributed by atoms with van der Waals surface area (Å²) >= 11 is 0. The van der Waals surface area contributed by atoms with Crippen LogP contribution in [0.4, 0.5) is 0 Å². The quantitative estimate of drug-likeness (QED) is 0.896. The molecule has 1 aromatic heterocycles. The molecule has 0 aliphatic heterocycles. The predicted octanol–water partition coefficient (Wildman–Crippen LogP) is 1.35. The van der Waals surface area contributed by atoms with E-state index in [-0.39, 0.29) is 16.0 Å². The van der Waals surface area contributed by atoms with Gasteiger partial charge in [0.05, 0.1) is 15.9 Å². The number of fused-ring (bicyclic) bond motifs is 1. The Morgan fingerprint density at radius 1 is 1.17 bits per heavy atom. The first-order valence-corrected chi connectivity index (χ1v) is 9.48. The monoisotopic (exact) mass is 335 g/mol. The van der Waals surface area contributed by atoms with Crippen LogP contribution in [0.2, 0.25) is 0 Å². The minimum atomic E-state index is -3.55. The van der Waals surface area contributed by atoms with E-state index in [2.05, 4.69) is 4.72 Å². The van der Waals surface area contributed by atoms with Gasteiger partial charge in [-0.05, 0) is 55.2 Å². The molecule has 0 atom stereocenters. The molecule has 1 heterocycles. The molecule has 1 N–H and O–H groups in total. The van der Waals surface area contributed by atoms with Gasteiger partial charge >= 0.3 is 5.69 Å². The molecule has 0 unspecified atom stereocenters. The number of sulfonamides is 1. The van der Waals surface area contributed by atoms with E-state index in [1.54, 1.807) is 32.3 Å².